The van der Waals surface area contributed by atoms with Crippen LogP contribution in [0.4, 0.5) is 5.69 Å². The van der Waals surface area contributed by atoms with Crippen molar-refractivity contribution in [2.75, 3.05) is 38.6 Å². The molecule has 2 unspecified atom stereocenters. The van der Waals surface area contributed by atoms with Crippen LogP contribution in [0.15, 0.2) is 24.3 Å². The molecule has 1 heterocycles. The van der Waals surface area contributed by atoms with Crippen molar-refractivity contribution in [3.8, 4) is 0 Å². The standard InChI is InChI=1S/C17H29N3/c1-5-20-12-6-7-17(20)13-18-14(2)15-8-10-16(11-9-15)19(3)4/h8-11,14,17-18H,5-7,12-13H2,1-4H3. The second-order valence-electron chi connectivity index (χ2n) is 6.04. The lowest BCUT2D eigenvalue weighted by atomic mass is 10.1. The zero-order valence-electron chi connectivity index (χ0n) is 13.4. The maximum absolute atomic E-state index is 3.70. The molecular formula is C17H29N3. The molecule has 1 saturated heterocycles. The van der Waals surface area contributed by atoms with Crippen molar-refractivity contribution < 1.29 is 0 Å². The molecule has 0 amide bonds. The average molecular weight is 275 g/mol. The summed E-state index contributed by atoms with van der Waals surface area (Å²) in [5, 5.41) is 3.70. The van der Waals surface area contributed by atoms with E-state index >= 15 is 0 Å². The van der Waals surface area contributed by atoms with Crippen molar-refractivity contribution >= 4 is 5.69 Å². The predicted octanol–water partition coefficient (Wildman–Crippen LogP) is 2.89. The van der Waals surface area contributed by atoms with Crippen molar-refractivity contribution in [2.45, 2.75) is 38.8 Å². The van der Waals surface area contributed by atoms with Gasteiger partial charge in [0.15, 0.2) is 0 Å². The van der Waals surface area contributed by atoms with Crippen molar-refractivity contribution in [3.63, 3.8) is 0 Å². The highest BCUT2D eigenvalue weighted by Gasteiger charge is 2.22. The van der Waals surface area contributed by atoms with Crippen LogP contribution in [0.3, 0.4) is 0 Å². The Balaban J connectivity index is 1.86. The number of nitrogens with zero attached hydrogens (tertiary/aromatic N) is 2. The normalized spacial score (nSPS) is 21.1. The lowest BCUT2D eigenvalue weighted by Crippen LogP contribution is -2.38. The van der Waals surface area contributed by atoms with E-state index in [4.69, 9.17) is 0 Å². The number of rotatable bonds is 6. The van der Waals surface area contributed by atoms with E-state index in [0.29, 0.717) is 6.04 Å². The zero-order chi connectivity index (χ0) is 14.5. The second kappa shape index (κ2) is 7.09. The molecule has 1 aromatic carbocycles. The fourth-order valence-electron chi connectivity index (χ4n) is 3.03. The zero-order valence-corrected chi connectivity index (χ0v) is 13.4. The summed E-state index contributed by atoms with van der Waals surface area (Å²) < 4.78 is 0. The van der Waals surface area contributed by atoms with E-state index in [2.05, 4.69) is 67.3 Å². The molecular weight excluding hydrogens is 246 g/mol. The van der Waals surface area contributed by atoms with Crippen LogP contribution in [0, 0.1) is 0 Å². The number of benzene rings is 1. The van der Waals surface area contributed by atoms with Crippen LogP contribution in [0.2, 0.25) is 0 Å². The largest absolute Gasteiger partial charge is 0.378 e. The minimum atomic E-state index is 0.422. The van der Waals surface area contributed by atoms with E-state index in [1.807, 2.05) is 0 Å². The number of hydrogen-bond acceptors (Lipinski definition) is 3. The van der Waals surface area contributed by atoms with Gasteiger partial charge in [-0.3, -0.25) is 4.90 Å². The number of hydrogen-bond donors (Lipinski definition) is 1. The summed E-state index contributed by atoms with van der Waals surface area (Å²) in [6.45, 7) is 8.08. The fourth-order valence-corrected chi connectivity index (χ4v) is 3.03. The lowest BCUT2D eigenvalue weighted by molar-refractivity contribution is 0.255. The molecule has 3 heteroatoms. The summed E-state index contributed by atoms with van der Waals surface area (Å²) in [7, 11) is 4.16. The van der Waals surface area contributed by atoms with E-state index < -0.39 is 0 Å². The molecule has 112 valence electrons. The van der Waals surface area contributed by atoms with E-state index in [-0.39, 0.29) is 0 Å². The lowest BCUT2D eigenvalue weighted by Gasteiger charge is -2.25. The Labute approximate surface area is 124 Å². The molecule has 2 rings (SSSR count). The molecule has 0 aromatic heterocycles. The van der Waals surface area contributed by atoms with Crippen molar-refractivity contribution in [1.29, 1.82) is 0 Å². The first kappa shape index (κ1) is 15.3. The van der Waals surface area contributed by atoms with Gasteiger partial charge in [0.05, 0.1) is 0 Å². The number of anilines is 1. The minimum Gasteiger partial charge on any atom is -0.378 e. The van der Waals surface area contributed by atoms with Gasteiger partial charge in [-0.1, -0.05) is 19.1 Å². The van der Waals surface area contributed by atoms with Crippen LogP contribution in [0.1, 0.15) is 38.3 Å². The van der Waals surface area contributed by atoms with Gasteiger partial charge in [0.1, 0.15) is 0 Å². The molecule has 0 spiro atoms. The molecule has 0 radical (unpaired) electrons. The molecule has 0 aliphatic carbocycles. The highest BCUT2D eigenvalue weighted by atomic mass is 15.2. The molecule has 1 fully saturated rings. The third-order valence-electron chi connectivity index (χ3n) is 4.47. The molecule has 2 atom stereocenters. The number of likely N-dealkylation sites (tertiary alicyclic amines) is 1. The van der Waals surface area contributed by atoms with E-state index in [1.165, 1.54) is 37.2 Å². The van der Waals surface area contributed by atoms with Crippen LogP contribution in [0.25, 0.3) is 0 Å². The van der Waals surface area contributed by atoms with Crippen LogP contribution in [-0.4, -0.2) is 44.7 Å². The minimum absolute atomic E-state index is 0.422. The van der Waals surface area contributed by atoms with Crippen molar-refractivity contribution in [1.82, 2.24) is 10.2 Å². The van der Waals surface area contributed by atoms with E-state index in [9.17, 15) is 0 Å². The summed E-state index contributed by atoms with van der Waals surface area (Å²) in [5.74, 6) is 0. The molecule has 1 aliphatic heterocycles. The monoisotopic (exact) mass is 275 g/mol. The quantitative estimate of drug-likeness (QED) is 0.861. The highest BCUT2D eigenvalue weighted by Crippen LogP contribution is 2.20. The van der Waals surface area contributed by atoms with Gasteiger partial charge < -0.3 is 10.2 Å². The van der Waals surface area contributed by atoms with Gasteiger partial charge in [0.2, 0.25) is 0 Å². The Morgan fingerprint density at radius 3 is 2.60 bits per heavy atom. The third kappa shape index (κ3) is 3.74. The molecule has 1 aliphatic rings. The van der Waals surface area contributed by atoms with Crippen molar-refractivity contribution in [3.05, 3.63) is 29.8 Å². The summed E-state index contributed by atoms with van der Waals surface area (Å²) in [4.78, 5) is 4.73. The fraction of sp³-hybridized carbons (Fsp3) is 0.647. The first-order valence-electron chi connectivity index (χ1n) is 7.86. The first-order valence-corrected chi connectivity index (χ1v) is 7.86. The topological polar surface area (TPSA) is 18.5 Å². The molecule has 1 aromatic rings. The number of nitrogens with one attached hydrogen (secondary N) is 1. The Hall–Kier alpha value is -1.06. The summed E-state index contributed by atoms with van der Waals surface area (Å²) >= 11 is 0. The molecule has 0 saturated carbocycles. The van der Waals surface area contributed by atoms with Crippen LogP contribution in [0.5, 0.6) is 0 Å². The Kier molecular flexibility index (Phi) is 5.44. The second-order valence-corrected chi connectivity index (χ2v) is 6.04. The van der Waals surface area contributed by atoms with Crippen LogP contribution < -0.4 is 10.2 Å². The van der Waals surface area contributed by atoms with Gasteiger partial charge in [0, 0.05) is 38.4 Å². The maximum atomic E-state index is 3.70. The van der Waals surface area contributed by atoms with Gasteiger partial charge in [-0.05, 0) is 50.6 Å². The summed E-state index contributed by atoms with van der Waals surface area (Å²) in [6.07, 6.45) is 2.69. The smallest absolute Gasteiger partial charge is 0.0361 e. The molecule has 0 bridgehead atoms. The maximum Gasteiger partial charge on any atom is 0.0361 e. The summed E-state index contributed by atoms with van der Waals surface area (Å²) in [6, 6.07) is 10.0. The Morgan fingerprint density at radius 2 is 2.00 bits per heavy atom. The van der Waals surface area contributed by atoms with Gasteiger partial charge in [0.25, 0.3) is 0 Å². The van der Waals surface area contributed by atoms with E-state index in [1.54, 1.807) is 0 Å². The van der Waals surface area contributed by atoms with Gasteiger partial charge in [-0.2, -0.15) is 0 Å². The van der Waals surface area contributed by atoms with Crippen LogP contribution in [-0.2, 0) is 0 Å². The highest BCUT2D eigenvalue weighted by molar-refractivity contribution is 5.46. The van der Waals surface area contributed by atoms with Gasteiger partial charge in [-0.15, -0.1) is 0 Å². The van der Waals surface area contributed by atoms with Crippen LogP contribution >= 0.6 is 0 Å². The molecule has 3 nitrogen and oxygen atoms in total. The Bertz CT molecular complexity index is 399. The SMILES string of the molecule is CCN1CCCC1CNC(C)c1ccc(N(C)C)cc1. The Morgan fingerprint density at radius 1 is 1.30 bits per heavy atom. The molecule has 20 heavy (non-hydrogen) atoms. The third-order valence-corrected chi connectivity index (χ3v) is 4.47. The molecule has 1 N–H and O–H groups in total. The number of likely N-dealkylation sites (N-methyl/N-ethyl adjacent to an activating group) is 1. The van der Waals surface area contributed by atoms with Crippen molar-refractivity contribution in [2.24, 2.45) is 0 Å². The van der Waals surface area contributed by atoms with E-state index in [0.717, 1.165) is 12.6 Å². The van der Waals surface area contributed by atoms with Gasteiger partial charge >= 0.3 is 0 Å². The summed E-state index contributed by atoms with van der Waals surface area (Å²) in [5.41, 5.74) is 2.63. The first-order chi connectivity index (χ1) is 9.61. The predicted molar refractivity (Wildman–Crippen MR) is 87.5 cm³/mol. The average Bonchev–Trinajstić information content (AvgIpc) is 2.92. The van der Waals surface area contributed by atoms with Gasteiger partial charge in [-0.25, -0.2) is 0 Å².